The molecule has 0 saturated carbocycles. The maximum atomic E-state index is 12.7. The Morgan fingerprint density at radius 2 is 1.17 bits per heavy atom. The van der Waals surface area contributed by atoms with Gasteiger partial charge in [-0.3, -0.25) is 18.6 Å². The van der Waals surface area contributed by atoms with Gasteiger partial charge in [-0.1, -0.05) is 140 Å². The number of unbranched alkanes of at least 4 members (excludes halogenated alkanes) is 13. The number of hydrogen-bond acceptors (Lipinski definition) is 9. The van der Waals surface area contributed by atoms with Crippen LogP contribution in [0.25, 0.3) is 0 Å². The third-order valence-corrected chi connectivity index (χ3v) is 12.1. The number of phosphoric acid groups is 1. The van der Waals surface area contributed by atoms with Crippen molar-refractivity contribution in [2.75, 3.05) is 47.5 Å². The number of aryl methyl sites for hydroxylation is 2. The van der Waals surface area contributed by atoms with Crippen LogP contribution < -0.4 is 0 Å². The number of allylic oxidation sites excluding steroid dienone is 7. The van der Waals surface area contributed by atoms with E-state index in [4.69, 9.17) is 22.9 Å². The van der Waals surface area contributed by atoms with Gasteiger partial charge in [-0.25, -0.2) is 4.57 Å². The van der Waals surface area contributed by atoms with Gasteiger partial charge in [0.25, 0.3) is 0 Å². The standard InChI is InChI=1S/C52H90NO10P/c1-8-10-30-37-49-45(3)46(4)50(63-49)38-32-27-23-19-16-17-20-24-28-33-39-51(55)59-43-48(44-61-64(57,58)60-42-41-53(5,6)7)62-52(56)40-34-29-25-21-15-13-12-14-18-22-26-31-36-47(54)35-11-9-2/h12-13,18,21-22,25,31,36,47-48,54H,8-11,14-17,19-20,23-24,26-30,32-35,37-44H2,1-7H3/p+1/b13-12-,22-18-,25-21-,36-31-/t47-,48-/m1/s1. The SMILES string of the molecule is CCCCCc1oc(CCCCCCCCCCCCC(=O)OC[C@H](COP(=O)(O)OCC[N+](C)(C)C)OC(=O)CCC/C=C\C/C=C\C/C=C\C/C=C\[C@H](O)CCCC)c(C)c1C. The molecule has 0 aliphatic carbocycles. The van der Waals surface area contributed by atoms with Crippen LogP contribution in [-0.4, -0.2) is 86.1 Å². The summed E-state index contributed by atoms with van der Waals surface area (Å²) >= 11 is 0. The molecule has 0 fully saturated rings. The number of likely N-dealkylation sites (N-methyl/N-ethyl adjacent to an activating group) is 1. The second-order valence-corrected chi connectivity index (χ2v) is 19.7. The molecule has 64 heavy (non-hydrogen) atoms. The number of esters is 2. The van der Waals surface area contributed by atoms with Crippen LogP contribution >= 0.6 is 7.82 Å². The summed E-state index contributed by atoms with van der Waals surface area (Å²) in [7, 11) is 1.40. The van der Waals surface area contributed by atoms with Crippen molar-refractivity contribution >= 4 is 19.8 Å². The van der Waals surface area contributed by atoms with Gasteiger partial charge in [0.1, 0.15) is 31.3 Å². The minimum absolute atomic E-state index is 0.00724. The molecule has 0 saturated heterocycles. The Kier molecular flexibility index (Phi) is 34.5. The maximum Gasteiger partial charge on any atom is 0.472 e. The van der Waals surface area contributed by atoms with E-state index in [0.717, 1.165) is 70.6 Å². The van der Waals surface area contributed by atoms with Crippen molar-refractivity contribution in [2.24, 2.45) is 0 Å². The first-order valence-corrected chi connectivity index (χ1v) is 26.3. The second kappa shape index (κ2) is 37.3. The third kappa shape index (κ3) is 33.7. The predicted octanol–water partition coefficient (Wildman–Crippen LogP) is 12.9. The van der Waals surface area contributed by atoms with Gasteiger partial charge in [0.05, 0.1) is 33.9 Å². The number of carbonyl (C=O) groups excluding carboxylic acids is 2. The smallest absolute Gasteiger partial charge is 0.466 e. The van der Waals surface area contributed by atoms with Crippen molar-refractivity contribution in [3.63, 3.8) is 0 Å². The van der Waals surface area contributed by atoms with Gasteiger partial charge in [-0.2, -0.15) is 0 Å². The van der Waals surface area contributed by atoms with Crippen molar-refractivity contribution < 1.29 is 51.6 Å². The average Bonchev–Trinajstić information content (AvgIpc) is 3.51. The van der Waals surface area contributed by atoms with Crippen LogP contribution in [0.15, 0.2) is 53.0 Å². The van der Waals surface area contributed by atoms with E-state index in [1.54, 1.807) is 0 Å². The first-order valence-electron chi connectivity index (χ1n) is 24.8. The maximum absolute atomic E-state index is 12.7. The number of aliphatic hydroxyl groups excluding tert-OH is 1. The largest absolute Gasteiger partial charge is 0.472 e. The number of nitrogens with zero attached hydrogens (tertiary/aromatic N) is 1. The fraction of sp³-hybridized carbons (Fsp3) is 0.731. The van der Waals surface area contributed by atoms with Crippen LogP contribution in [0.5, 0.6) is 0 Å². The second-order valence-electron chi connectivity index (χ2n) is 18.2. The summed E-state index contributed by atoms with van der Waals surface area (Å²) in [6, 6.07) is 0. The lowest BCUT2D eigenvalue weighted by atomic mass is 10.0. The molecule has 1 heterocycles. The highest BCUT2D eigenvalue weighted by molar-refractivity contribution is 7.47. The van der Waals surface area contributed by atoms with E-state index in [2.05, 4.69) is 58.1 Å². The highest BCUT2D eigenvalue weighted by Gasteiger charge is 2.27. The van der Waals surface area contributed by atoms with Gasteiger partial charge in [-0.05, 0) is 82.8 Å². The minimum atomic E-state index is -4.42. The van der Waals surface area contributed by atoms with E-state index >= 15 is 0 Å². The van der Waals surface area contributed by atoms with Crippen LogP contribution in [0, 0.1) is 13.8 Å². The van der Waals surface area contributed by atoms with Gasteiger partial charge in [0.15, 0.2) is 6.10 Å². The number of phosphoric ester groups is 1. The first kappa shape index (κ1) is 59.2. The highest BCUT2D eigenvalue weighted by atomic mass is 31.2. The predicted molar refractivity (Wildman–Crippen MR) is 261 cm³/mol. The number of ether oxygens (including phenoxy) is 2. The molecule has 0 aliphatic heterocycles. The van der Waals surface area contributed by atoms with E-state index in [1.807, 2.05) is 39.4 Å². The lowest BCUT2D eigenvalue weighted by molar-refractivity contribution is -0.870. The zero-order valence-corrected chi connectivity index (χ0v) is 42.2. The zero-order valence-electron chi connectivity index (χ0n) is 41.3. The molecule has 3 atom stereocenters. The molecule has 0 amide bonds. The van der Waals surface area contributed by atoms with Crippen LogP contribution in [0.2, 0.25) is 0 Å². The summed E-state index contributed by atoms with van der Waals surface area (Å²) in [6.45, 7) is 8.53. The Morgan fingerprint density at radius 3 is 1.75 bits per heavy atom. The van der Waals surface area contributed by atoms with Gasteiger partial charge >= 0.3 is 19.8 Å². The van der Waals surface area contributed by atoms with Crippen LogP contribution in [0.3, 0.4) is 0 Å². The summed E-state index contributed by atoms with van der Waals surface area (Å²) in [6.07, 6.45) is 38.9. The Morgan fingerprint density at radius 1 is 0.656 bits per heavy atom. The third-order valence-electron chi connectivity index (χ3n) is 11.1. The van der Waals surface area contributed by atoms with Crippen molar-refractivity contribution in [3.05, 3.63) is 71.3 Å². The van der Waals surface area contributed by atoms with E-state index in [9.17, 15) is 24.2 Å². The summed E-state index contributed by atoms with van der Waals surface area (Å²) in [5, 5.41) is 9.84. The van der Waals surface area contributed by atoms with Crippen molar-refractivity contribution in [2.45, 2.75) is 200 Å². The number of hydrogen-bond donors (Lipinski definition) is 2. The summed E-state index contributed by atoms with van der Waals surface area (Å²) < 4.78 is 40.6. The Hall–Kier alpha value is -2.79. The fourth-order valence-corrected chi connectivity index (χ4v) is 7.65. The molecule has 2 N–H and O–H groups in total. The Labute approximate surface area is 389 Å². The Bertz CT molecular complexity index is 1520. The highest BCUT2D eigenvalue weighted by Crippen LogP contribution is 2.43. The minimum Gasteiger partial charge on any atom is -0.466 e. The molecule has 12 heteroatoms. The monoisotopic (exact) mass is 921 g/mol. The zero-order chi connectivity index (χ0) is 47.3. The molecule has 1 unspecified atom stereocenters. The molecule has 0 radical (unpaired) electrons. The molecular formula is C52H91NO10P+. The van der Waals surface area contributed by atoms with Gasteiger partial charge in [0.2, 0.25) is 0 Å². The van der Waals surface area contributed by atoms with Crippen LogP contribution in [-0.2, 0) is 45.5 Å². The molecule has 1 aromatic rings. The lowest BCUT2D eigenvalue weighted by Gasteiger charge is -2.24. The van der Waals surface area contributed by atoms with Crippen molar-refractivity contribution in [3.8, 4) is 0 Å². The van der Waals surface area contributed by atoms with Crippen LogP contribution in [0.4, 0.5) is 0 Å². The molecule has 11 nitrogen and oxygen atoms in total. The molecular weight excluding hydrogens is 830 g/mol. The summed E-state index contributed by atoms with van der Waals surface area (Å²) in [5.74, 6) is 1.47. The number of rotatable bonds is 41. The molecule has 0 spiro atoms. The van der Waals surface area contributed by atoms with E-state index < -0.39 is 32.5 Å². The van der Waals surface area contributed by atoms with E-state index in [1.165, 1.54) is 80.4 Å². The number of quaternary nitrogens is 1. The Balaban J connectivity index is 2.34. The van der Waals surface area contributed by atoms with Gasteiger partial charge in [-0.15, -0.1) is 0 Å². The normalized spacial score (nSPS) is 14.3. The topological polar surface area (TPSA) is 142 Å². The van der Waals surface area contributed by atoms with Crippen molar-refractivity contribution in [1.82, 2.24) is 0 Å². The quantitative estimate of drug-likeness (QED) is 0.0214. The lowest BCUT2D eigenvalue weighted by Crippen LogP contribution is -2.37. The molecule has 368 valence electrons. The van der Waals surface area contributed by atoms with Gasteiger partial charge < -0.3 is 28.4 Å². The number of furan rings is 1. The van der Waals surface area contributed by atoms with Crippen LogP contribution in [0.1, 0.15) is 184 Å². The molecule has 0 bridgehead atoms. The van der Waals surface area contributed by atoms with E-state index in [-0.39, 0.29) is 32.2 Å². The number of carbonyl (C=O) groups is 2. The summed E-state index contributed by atoms with van der Waals surface area (Å²) in [5.41, 5.74) is 2.69. The molecule has 0 aromatic carbocycles. The first-order chi connectivity index (χ1) is 30.7. The van der Waals surface area contributed by atoms with E-state index in [0.29, 0.717) is 30.3 Å². The molecule has 1 aromatic heterocycles. The van der Waals surface area contributed by atoms with Gasteiger partial charge in [0, 0.05) is 25.7 Å². The fourth-order valence-electron chi connectivity index (χ4n) is 6.91. The number of aliphatic hydroxyl groups is 1. The molecule has 1 rings (SSSR count). The van der Waals surface area contributed by atoms with Crippen molar-refractivity contribution in [1.29, 1.82) is 0 Å². The average molecular weight is 921 g/mol. The molecule has 0 aliphatic rings. The summed E-state index contributed by atoms with van der Waals surface area (Å²) in [4.78, 5) is 35.6.